The molecule has 2 atom stereocenters. The zero-order valence-corrected chi connectivity index (χ0v) is 15.3. The van der Waals surface area contributed by atoms with Crippen LogP contribution in [0.15, 0.2) is 24.3 Å². The number of carbonyl (C=O) groups excluding carboxylic acids is 2. The molecular weight excluding hydrogens is 328 g/mol. The maximum Gasteiger partial charge on any atom is 0.227 e. The van der Waals surface area contributed by atoms with Gasteiger partial charge in [-0.25, -0.2) is 0 Å². The minimum absolute atomic E-state index is 0.0305. The number of ether oxygens (including phenoxy) is 1. The molecular formula is C18H25ClN2O3. The van der Waals surface area contributed by atoms with Crippen LogP contribution in [0.2, 0.25) is 5.02 Å². The highest BCUT2D eigenvalue weighted by atomic mass is 35.5. The van der Waals surface area contributed by atoms with Gasteiger partial charge in [0.2, 0.25) is 11.8 Å². The molecule has 5 nitrogen and oxygen atoms in total. The smallest absolute Gasteiger partial charge is 0.227 e. The molecule has 24 heavy (non-hydrogen) atoms. The molecule has 1 aromatic carbocycles. The van der Waals surface area contributed by atoms with Crippen molar-refractivity contribution in [3.05, 3.63) is 34.9 Å². The summed E-state index contributed by atoms with van der Waals surface area (Å²) >= 11 is 6.38. The van der Waals surface area contributed by atoms with Gasteiger partial charge in [-0.1, -0.05) is 29.8 Å². The summed E-state index contributed by atoms with van der Waals surface area (Å²) in [6, 6.07) is 7.14. The van der Waals surface area contributed by atoms with Crippen LogP contribution in [-0.2, 0) is 14.3 Å². The molecule has 1 aromatic rings. The van der Waals surface area contributed by atoms with Gasteiger partial charge in [-0.2, -0.15) is 0 Å². The Morgan fingerprint density at radius 1 is 1.42 bits per heavy atom. The fourth-order valence-corrected chi connectivity index (χ4v) is 3.55. The van der Waals surface area contributed by atoms with E-state index in [9.17, 15) is 9.59 Å². The Morgan fingerprint density at radius 2 is 2.12 bits per heavy atom. The molecule has 0 aromatic heterocycles. The quantitative estimate of drug-likeness (QED) is 0.791. The third kappa shape index (κ3) is 3.90. The van der Waals surface area contributed by atoms with Gasteiger partial charge in [0.1, 0.15) is 0 Å². The number of carbonyl (C=O) groups is 2. The van der Waals surface area contributed by atoms with Crippen LogP contribution in [0.3, 0.4) is 0 Å². The molecule has 0 N–H and O–H groups in total. The summed E-state index contributed by atoms with van der Waals surface area (Å²) in [6.07, 6.45) is 0.935. The Labute approximate surface area is 148 Å². The lowest BCUT2D eigenvalue weighted by atomic mass is 9.83. The lowest BCUT2D eigenvalue weighted by Crippen LogP contribution is -2.48. The molecule has 1 fully saturated rings. The number of likely N-dealkylation sites (tertiary alicyclic amines) is 1. The number of benzene rings is 1. The van der Waals surface area contributed by atoms with Gasteiger partial charge in [-0.3, -0.25) is 9.59 Å². The van der Waals surface area contributed by atoms with Crippen LogP contribution in [0.25, 0.3) is 0 Å². The Balaban J connectivity index is 2.35. The van der Waals surface area contributed by atoms with Gasteiger partial charge in [-0.05, 0) is 25.0 Å². The van der Waals surface area contributed by atoms with E-state index in [2.05, 4.69) is 0 Å². The van der Waals surface area contributed by atoms with E-state index in [0.29, 0.717) is 37.6 Å². The lowest BCUT2D eigenvalue weighted by Gasteiger charge is -2.41. The van der Waals surface area contributed by atoms with Crippen molar-refractivity contribution in [1.29, 1.82) is 0 Å². The summed E-state index contributed by atoms with van der Waals surface area (Å²) < 4.78 is 5.06. The van der Waals surface area contributed by atoms with Gasteiger partial charge < -0.3 is 14.5 Å². The van der Waals surface area contributed by atoms with Crippen LogP contribution in [-0.4, -0.2) is 55.5 Å². The van der Waals surface area contributed by atoms with E-state index in [1.54, 1.807) is 30.0 Å². The minimum atomic E-state index is -0.317. The molecule has 132 valence electrons. The molecule has 0 spiro atoms. The summed E-state index contributed by atoms with van der Waals surface area (Å²) in [5.41, 5.74) is 0.840. The van der Waals surface area contributed by atoms with E-state index in [1.165, 1.54) is 0 Å². The Bertz CT molecular complexity index is 593. The average Bonchev–Trinajstić information content (AvgIpc) is 2.59. The number of piperidine rings is 1. The van der Waals surface area contributed by atoms with E-state index >= 15 is 0 Å². The topological polar surface area (TPSA) is 49.9 Å². The first-order chi connectivity index (χ1) is 11.5. The monoisotopic (exact) mass is 352 g/mol. The van der Waals surface area contributed by atoms with Gasteiger partial charge in [0.25, 0.3) is 0 Å². The molecule has 2 amide bonds. The second-order valence-corrected chi connectivity index (χ2v) is 6.45. The molecule has 0 radical (unpaired) electrons. The van der Waals surface area contributed by atoms with Gasteiger partial charge in [0, 0.05) is 38.7 Å². The van der Waals surface area contributed by atoms with Gasteiger partial charge in [0.05, 0.1) is 18.6 Å². The van der Waals surface area contributed by atoms with E-state index in [4.69, 9.17) is 16.3 Å². The standard InChI is InChI=1S/C18H25ClN2O3/c1-4-21-16(22)10-9-14(18(23)20(2)11-12-24-3)17(21)13-7-5-6-8-15(13)19/h5-8,14,17H,4,9-12H2,1-3H3/t14-,17+/m1/s1. The van der Waals surface area contributed by atoms with Gasteiger partial charge in [-0.15, -0.1) is 0 Å². The van der Waals surface area contributed by atoms with E-state index < -0.39 is 0 Å². The molecule has 1 heterocycles. The second-order valence-electron chi connectivity index (χ2n) is 6.04. The maximum atomic E-state index is 13.0. The van der Waals surface area contributed by atoms with Crippen molar-refractivity contribution in [2.45, 2.75) is 25.8 Å². The fraction of sp³-hybridized carbons (Fsp3) is 0.556. The van der Waals surface area contributed by atoms with Crippen LogP contribution in [0, 0.1) is 5.92 Å². The Kier molecular flexibility index (Phi) is 6.63. The number of likely N-dealkylation sites (N-methyl/N-ethyl adjacent to an activating group) is 1. The van der Waals surface area contributed by atoms with Crippen LogP contribution < -0.4 is 0 Å². The lowest BCUT2D eigenvalue weighted by molar-refractivity contribution is -0.147. The van der Waals surface area contributed by atoms with Crippen molar-refractivity contribution < 1.29 is 14.3 Å². The van der Waals surface area contributed by atoms with E-state index in [0.717, 1.165) is 5.56 Å². The van der Waals surface area contributed by atoms with Crippen LogP contribution >= 0.6 is 11.6 Å². The summed E-state index contributed by atoms with van der Waals surface area (Å²) in [6.45, 7) is 3.51. The molecule has 1 saturated heterocycles. The molecule has 1 aliphatic heterocycles. The summed E-state index contributed by atoms with van der Waals surface area (Å²) in [5.74, 6) is -0.182. The molecule has 0 aliphatic carbocycles. The Morgan fingerprint density at radius 3 is 2.75 bits per heavy atom. The highest BCUT2D eigenvalue weighted by Gasteiger charge is 2.41. The summed E-state index contributed by atoms with van der Waals surface area (Å²) in [4.78, 5) is 28.8. The first-order valence-electron chi connectivity index (χ1n) is 8.29. The van der Waals surface area contributed by atoms with Crippen LogP contribution in [0.4, 0.5) is 0 Å². The van der Waals surface area contributed by atoms with Crippen molar-refractivity contribution in [2.75, 3.05) is 33.9 Å². The first-order valence-corrected chi connectivity index (χ1v) is 8.66. The van der Waals surface area contributed by atoms with Crippen molar-refractivity contribution in [2.24, 2.45) is 5.92 Å². The number of amides is 2. The van der Waals surface area contributed by atoms with Crippen LogP contribution in [0.5, 0.6) is 0 Å². The normalized spacial score (nSPS) is 21.0. The van der Waals surface area contributed by atoms with Gasteiger partial charge >= 0.3 is 0 Å². The Hall–Kier alpha value is -1.59. The third-order valence-electron chi connectivity index (χ3n) is 4.60. The second kappa shape index (κ2) is 8.49. The number of hydrogen-bond donors (Lipinski definition) is 0. The predicted octanol–water partition coefficient (Wildman–Crippen LogP) is 2.74. The predicted molar refractivity (Wildman–Crippen MR) is 93.8 cm³/mol. The zero-order chi connectivity index (χ0) is 17.7. The molecule has 0 unspecified atom stereocenters. The van der Waals surface area contributed by atoms with Crippen molar-refractivity contribution in [3.8, 4) is 0 Å². The van der Waals surface area contributed by atoms with Gasteiger partial charge in [0.15, 0.2) is 0 Å². The van der Waals surface area contributed by atoms with Crippen molar-refractivity contribution in [1.82, 2.24) is 9.80 Å². The molecule has 0 bridgehead atoms. The largest absolute Gasteiger partial charge is 0.383 e. The highest BCUT2D eigenvalue weighted by Crippen LogP contribution is 2.40. The number of halogens is 1. The number of rotatable bonds is 6. The molecule has 0 saturated carbocycles. The van der Waals surface area contributed by atoms with E-state index in [1.807, 2.05) is 25.1 Å². The van der Waals surface area contributed by atoms with Crippen LogP contribution in [0.1, 0.15) is 31.4 Å². The number of nitrogens with zero attached hydrogens (tertiary/aromatic N) is 2. The fourth-order valence-electron chi connectivity index (χ4n) is 3.31. The molecule has 1 aliphatic rings. The number of hydrogen-bond acceptors (Lipinski definition) is 3. The highest BCUT2D eigenvalue weighted by molar-refractivity contribution is 6.31. The zero-order valence-electron chi connectivity index (χ0n) is 14.5. The maximum absolute atomic E-state index is 13.0. The minimum Gasteiger partial charge on any atom is -0.383 e. The van der Waals surface area contributed by atoms with Crippen molar-refractivity contribution >= 4 is 23.4 Å². The molecule has 2 rings (SSSR count). The third-order valence-corrected chi connectivity index (χ3v) is 4.94. The molecule has 6 heteroatoms. The van der Waals surface area contributed by atoms with E-state index in [-0.39, 0.29) is 23.8 Å². The summed E-state index contributed by atoms with van der Waals surface area (Å²) in [5, 5.41) is 0.591. The average molecular weight is 353 g/mol. The first kappa shape index (κ1) is 18.7. The number of methoxy groups -OCH3 is 1. The summed E-state index contributed by atoms with van der Waals surface area (Å²) in [7, 11) is 3.39. The SMILES string of the molecule is CCN1C(=O)CC[C@@H](C(=O)N(C)CCOC)[C@@H]1c1ccccc1Cl. The van der Waals surface area contributed by atoms with Crippen molar-refractivity contribution in [3.63, 3.8) is 0 Å².